The highest BCUT2D eigenvalue weighted by Crippen LogP contribution is 2.07. The second-order valence-corrected chi connectivity index (χ2v) is 3.20. The number of halogens is 1. The van der Waals surface area contributed by atoms with Crippen molar-refractivity contribution in [3.63, 3.8) is 0 Å². The SMILES string of the molecule is C[13C](C)(C)Cl. The van der Waals surface area contributed by atoms with Gasteiger partial charge in [-0.1, -0.05) is 0 Å². The molecule has 0 bridgehead atoms. The lowest BCUT2D eigenvalue weighted by Gasteiger charge is -2.01. The molecule has 0 aliphatic rings. The average molecular weight is 93.6 g/mol. The summed E-state index contributed by atoms with van der Waals surface area (Å²) >= 11 is 5.53. The third-order valence-corrected chi connectivity index (χ3v) is 0. The second kappa shape index (κ2) is 1.17. The first kappa shape index (κ1) is 5.29. The Hall–Kier alpha value is 0.290. The molecule has 0 nitrogen and oxygen atoms in total. The Morgan fingerprint density at radius 1 is 1.20 bits per heavy atom. The highest BCUT2D eigenvalue weighted by molar-refractivity contribution is 6.23. The minimum absolute atomic E-state index is 0.0278. The van der Waals surface area contributed by atoms with Crippen molar-refractivity contribution >= 4 is 11.6 Å². The number of hydrogen-bond donors (Lipinski definition) is 0. The Labute approximate surface area is 38.1 Å². The Balaban J connectivity index is 3.02. The molecule has 0 N–H and O–H groups in total. The molecule has 0 rings (SSSR count). The Bertz CT molecular complexity index is 19.1. The van der Waals surface area contributed by atoms with Gasteiger partial charge in [0, 0.05) is 4.87 Å². The zero-order valence-corrected chi connectivity index (χ0v) is 4.63. The van der Waals surface area contributed by atoms with Crippen LogP contribution in [0.15, 0.2) is 0 Å². The van der Waals surface area contributed by atoms with Crippen LogP contribution in [0.4, 0.5) is 0 Å². The fraction of sp³-hybridized carbons (Fsp3) is 1.00. The van der Waals surface area contributed by atoms with Crippen molar-refractivity contribution in [2.24, 2.45) is 0 Å². The summed E-state index contributed by atoms with van der Waals surface area (Å²) < 4.78 is 0. The van der Waals surface area contributed by atoms with Crippen LogP contribution in [-0.2, 0) is 0 Å². The van der Waals surface area contributed by atoms with E-state index in [-0.39, 0.29) is 4.87 Å². The van der Waals surface area contributed by atoms with Gasteiger partial charge in [0.15, 0.2) is 0 Å². The molecule has 0 radical (unpaired) electrons. The molecular formula is C4H9Cl. The fourth-order valence-corrected chi connectivity index (χ4v) is 0. The van der Waals surface area contributed by atoms with Gasteiger partial charge in [-0.25, -0.2) is 0 Å². The van der Waals surface area contributed by atoms with Crippen LogP contribution in [0.2, 0.25) is 0 Å². The summed E-state index contributed by atoms with van der Waals surface area (Å²) in [7, 11) is 0. The van der Waals surface area contributed by atoms with Crippen molar-refractivity contribution in [2.75, 3.05) is 0 Å². The molecule has 0 aromatic carbocycles. The Kier molecular flexibility index (Phi) is 1.24. The summed E-state index contributed by atoms with van der Waals surface area (Å²) in [6.07, 6.45) is 0. The molecule has 0 aliphatic heterocycles. The van der Waals surface area contributed by atoms with Crippen LogP contribution < -0.4 is 0 Å². The predicted molar refractivity (Wildman–Crippen MR) is 25.6 cm³/mol. The van der Waals surface area contributed by atoms with Crippen LogP contribution in [0.5, 0.6) is 0 Å². The van der Waals surface area contributed by atoms with Crippen molar-refractivity contribution < 1.29 is 0 Å². The normalized spacial score (nSPS) is 12.0. The molecular weight excluding hydrogens is 84.5 g/mol. The van der Waals surface area contributed by atoms with Crippen molar-refractivity contribution in [3.8, 4) is 0 Å². The van der Waals surface area contributed by atoms with E-state index in [4.69, 9.17) is 11.6 Å². The summed E-state index contributed by atoms with van der Waals surface area (Å²) in [5, 5.41) is 0. The van der Waals surface area contributed by atoms with Crippen molar-refractivity contribution in [2.45, 2.75) is 25.6 Å². The second-order valence-electron chi connectivity index (χ2n) is 2.07. The first-order valence-electron chi connectivity index (χ1n) is 1.69. The van der Waals surface area contributed by atoms with Gasteiger partial charge in [0.1, 0.15) is 0 Å². The highest BCUT2D eigenvalue weighted by atomic mass is 35.5. The van der Waals surface area contributed by atoms with E-state index in [2.05, 4.69) is 0 Å². The van der Waals surface area contributed by atoms with Crippen LogP contribution in [0.3, 0.4) is 0 Å². The van der Waals surface area contributed by atoms with Gasteiger partial charge < -0.3 is 0 Å². The summed E-state index contributed by atoms with van der Waals surface area (Å²) in [5.41, 5.74) is 0. The standard InChI is InChI=1S/C4H9Cl/c1-4(2,3)5/h1-3H3/i4+1. The van der Waals surface area contributed by atoms with E-state index in [1.807, 2.05) is 20.8 Å². The predicted octanol–water partition coefficient (Wildman–Crippen LogP) is 2.02. The van der Waals surface area contributed by atoms with Crippen LogP contribution in [-0.4, -0.2) is 4.87 Å². The van der Waals surface area contributed by atoms with E-state index in [0.29, 0.717) is 0 Å². The van der Waals surface area contributed by atoms with Crippen LogP contribution in [0, 0.1) is 0 Å². The van der Waals surface area contributed by atoms with E-state index in [9.17, 15) is 0 Å². The molecule has 0 fully saturated rings. The van der Waals surface area contributed by atoms with Gasteiger partial charge in [-0.2, -0.15) is 0 Å². The van der Waals surface area contributed by atoms with Crippen LogP contribution in [0.1, 0.15) is 20.8 Å². The molecule has 0 aliphatic carbocycles. The molecule has 0 aromatic rings. The summed E-state index contributed by atoms with van der Waals surface area (Å²) in [5.74, 6) is 0. The van der Waals surface area contributed by atoms with Gasteiger partial charge in [-0.05, 0) is 20.8 Å². The molecule has 5 heavy (non-hydrogen) atoms. The van der Waals surface area contributed by atoms with Crippen molar-refractivity contribution in [3.05, 3.63) is 0 Å². The topological polar surface area (TPSA) is 0 Å². The third-order valence-electron chi connectivity index (χ3n) is 0. The molecule has 0 unspecified atom stereocenters. The molecule has 0 spiro atoms. The molecule has 1 heteroatoms. The molecule has 0 amide bonds. The summed E-state index contributed by atoms with van der Waals surface area (Å²) in [6.45, 7) is 5.86. The van der Waals surface area contributed by atoms with E-state index in [1.54, 1.807) is 0 Å². The van der Waals surface area contributed by atoms with E-state index in [0.717, 1.165) is 0 Å². The molecule has 0 saturated carbocycles. The van der Waals surface area contributed by atoms with Gasteiger partial charge >= 0.3 is 0 Å². The summed E-state index contributed by atoms with van der Waals surface area (Å²) in [4.78, 5) is -0.0278. The highest BCUT2D eigenvalue weighted by Gasteiger charge is 1.99. The van der Waals surface area contributed by atoms with E-state index >= 15 is 0 Å². The first-order valence-corrected chi connectivity index (χ1v) is 2.07. The quantitative estimate of drug-likeness (QED) is 0.318. The Morgan fingerprint density at radius 3 is 1.20 bits per heavy atom. The lowest BCUT2D eigenvalue weighted by Crippen LogP contribution is -1.99. The molecule has 0 aromatic heterocycles. The molecule has 0 saturated heterocycles. The minimum atomic E-state index is -0.0278. The van der Waals surface area contributed by atoms with E-state index < -0.39 is 0 Å². The smallest absolute Gasteiger partial charge is 0.0362 e. The van der Waals surface area contributed by atoms with Gasteiger partial charge in [0.2, 0.25) is 0 Å². The molecule has 0 atom stereocenters. The zero-order chi connectivity index (χ0) is 4.50. The maximum atomic E-state index is 5.53. The van der Waals surface area contributed by atoms with Gasteiger partial charge in [0.25, 0.3) is 0 Å². The number of rotatable bonds is 0. The van der Waals surface area contributed by atoms with Crippen LogP contribution in [0.25, 0.3) is 0 Å². The first-order chi connectivity index (χ1) is 2.00. The zero-order valence-electron chi connectivity index (χ0n) is 3.88. The Morgan fingerprint density at radius 2 is 1.20 bits per heavy atom. The third kappa shape index (κ3) is 268. The molecule has 0 heterocycles. The number of hydrogen-bond acceptors (Lipinski definition) is 0. The maximum Gasteiger partial charge on any atom is 0.0362 e. The minimum Gasteiger partial charge on any atom is -0.120 e. The van der Waals surface area contributed by atoms with Crippen LogP contribution >= 0.6 is 11.6 Å². The lowest BCUT2D eigenvalue weighted by atomic mass is 10.7. The van der Waals surface area contributed by atoms with Crippen molar-refractivity contribution in [1.29, 1.82) is 0 Å². The largest absolute Gasteiger partial charge is 0.120 e. The van der Waals surface area contributed by atoms with Gasteiger partial charge in [-0.3, -0.25) is 0 Å². The fourth-order valence-electron chi connectivity index (χ4n) is 0. The van der Waals surface area contributed by atoms with Gasteiger partial charge in [0.05, 0.1) is 0 Å². The van der Waals surface area contributed by atoms with Gasteiger partial charge in [-0.15, -0.1) is 11.6 Å². The maximum absolute atomic E-state index is 5.53. The molecule has 32 valence electrons. The lowest BCUT2D eigenvalue weighted by molar-refractivity contribution is 0.788. The van der Waals surface area contributed by atoms with E-state index in [1.165, 1.54) is 0 Å². The summed E-state index contributed by atoms with van der Waals surface area (Å²) in [6, 6.07) is 0. The number of alkyl halides is 1. The van der Waals surface area contributed by atoms with Crippen molar-refractivity contribution in [1.82, 2.24) is 0 Å². The average Bonchev–Trinajstić information content (AvgIpc) is 0.722. The monoisotopic (exact) mass is 93.0 g/mol.